The molecule has 0 aliphatic heterocycles. The van der Waals surface area contributed by atoms with Crippen LogP contribution in [0.2, 0.25) is 4.47 Å². The average Bonchev–Trinajstić information content (AvgIpc) is 2.74. The van der Waals surface area contributed by atoms with Gasteiger partial charge in [0, 0.05) is 12.2 Å². The highest BCUT2D eigenvalue weighted by molar-refractivity contribution is 7.15. The molecule has 0 saturated carbocycles. The molecule has 0 atom stereocenters. The standard InChI is InChI=1S/C12H15ClN4S/c1-3-17(8-11-15-16-12(13)18-11)7-10-6-4-5-9(2)14-10/h4-6H,3,7-8H2,1-2H3. The van der Waals surface area contributed by atoms with Gasteiger partial charge in [0.05, 0.1) is 12.2 Å². The number of halogens is 1. The summed E-state index contributed by atoms with van der Waals surface area (Å²) in [6.45, 7) is 6.64. The predicted octanol–water partition coefficient (Wildman–Crippen LogP) is 2.92. The summed E-state index contributed by atoms with van der Waals surface area (Å²) in [5, 5.41) is 8.79. The van der Waals surface area contributed by atoms with E-state index in [1.54, 1.807) is 0 Å². The summed E-state index contributed by atoms with van der Waals surface area (Å²) in [7, 11) is 0. The van der Waals surface area contributed by atoms with Crippen LogP contribution >= 0.6 is 22.9 Å². The number of hydrogen-bond donors (Lipinski definition) is 0. The van der Waals surface area contributed by atoms with Crippen molar-refractivity contribution in [1.82, 2.24) is 20.1 Å². The molecule has 0 aliphatic carbocycles. The normalized spacial score (nSPS) is 11.1. The fourth-order valence-electron chi connectivity index (χ4n) is 1.68. The zero-order chi connectivity index (χ0) is 13.0. The molecule has 0 radical (unpaired) electrons. The Morgan fingerprint density at radius 1 is 1.28 bits per heavy atom. The Morgan fingerprint density at radius 2 is 2.11 bits per heavy atom. The zero-order valence-corrected chi connectivity index (χ0v) is 12.0. The van der Waals surface area contributed by atoms with Gasteiger partial charge in [-0.3, -0.25) is 9.88 Å². The van der Waals surface area contributed by atoms with Crippen molar-refractivity contribution >= 4 is 22.9 Å². The van der Waals surface area contributed by atoms with Crippen LogP contribution in [0, 0.1) is 6.92 Å². The quantitative estimate of drug-likeness (QED) is 0.846. The summed E-state index contributed by atoms with van der Waals surface area (Å²) in [6, 6.07) is 6.08. The van der Waals surface area contributed by atoms with E-state index < -0.39 is 0 Å². The summed E-state index contributed by atoms with van der Waals surface area (Å²) in [5.74, 6) is 0. The summed E-state index contributed by atoms with van der Waals surface area (Å²) >= 11 is 7.21. The van der Waals surface area contributed by atoms with Crippen molar-refractivity contribution in [2.24, 2.45) is 0 Å². The van der Waals surface area contributed by atoms with Gasteiger partial charge in [-0.1, -0.05) is 24.3 Å². The van der Waals surface area contributed by atoms with Crippen molar-refractivity contribution in [3.63, 3.8) is 0 Å². The van der Waals surface area contributed by atoms with Gasteiger partial charge < -0.3 is 0 Å². The molecular weight excluding hydrogens is 268 g/mol. The molecule has 0 amide bonds. The van der Waals surface area contributed by atoms with E-state index in [0.29, 0.717) is 4.47 Å². The number of aromatic nitrogens is 3. The monoisotopic (exact) mass is 282 g/mol. The number of rotatable bonds is 5. The van der Waals surface area contributed by atoms with Gasteiger partial charge in [-0.2, -0.15) is 0 Å². The van der Waals surface area contributed by atoms with Crippen molar-refractivity contribution in [2.75, 3.05) is 6.54 Å². The molecule has 0 unspecified atom stereocenters. The Balaban J connectivity index is 2.01. The highest BCUT2D eigenvalue weighted by Crippen LogP contribution is 2.17. The molecule has 6 heteroatoms. The minimum atomic E-state index is 0.495. The Hall–Kier alpha value is -1.04. The van der Waals surface area contributed by atoms with Crippen LogP contribution in [0.4, 0.5) is 0 Å². The lowest BCUT2D eigenvalue weighted by atomic mass is 10.3. The summed E-state index contributed by atoms with van der Waals surface area (Å²) in [5.41, 5.74) is 2.12. The van der Waals surface area contributed by atoms with Gasteiger partial charge in [0.1, 0.15) is 5.01 Å². The van der Waals surface area contributed by atoms with Gasteiger partial charge in [-0.25, -0.2) is 0 Å². The SMILES string of the molecule is CCN(Cc1cccc(C)n1)Cc1nnc(Cl)s1. The molecule has 0 saturated heterocycles. The van der Waals surface area contributed by atoms with Crippen molar-refractivity contribution in [2.45, 2.75) is 26.9 Å². The minimum Gasteiger partial charge on any atom is -0.291 e. The lowest BCUT2D eigenvalue weighted by Crippen LogP contribution is -2.22. The maximum atomic E-state index is 5.78. The van der Waals surface area contributed by atoms with Crippen molar-refractivity contribution < 1.29 is 0 Å². The van der Waals surface area contributed by atoms with Gasteiger partial charge in [-0.15, -0.1) is 10.2 Å². The first-order chi connectivity index (χ1) is 8.67. The first-order valence-electron chi connectivity index (χ1n) is 5.80. The van der Waals surface area contributed by atoms with Crippen molar-refractivity contribution in [3.8, 4) is 0 Å². The van der Waals surface area contributed by atoms with E-state index in [2.05, 4.69) is 27.0 Å². The third-order valence-corrected chi connectivity index (χ3v) is 3.58. The molecule has 0 bridgehead atoms. The third kappa shape index (κ3) is 3.73. The van der Waals surface area contributed by atoms with Gasteiger partial charge in [0.15, 0.2) is 0 Å². The molecule has 2 aromatic heterocycles. The van der Waals surface area contributed by atoms with Crippen LogP contribution in [-0.2, 0) is 13.1 Å². The van der Waals surface area contributed by atoms with E-state index in [9.17, 15) is 0 Å². The van der Waals surface area contributed by atoms with Crippen LogP contribution in [0.15, 0.2) is 18.2 Å². The number of nitrogens with zero attached hydrogens (tertiary/aromatic N) is 4. The minimum absolute atomic E-state index is 0.495. The van der Waals surface area contributed by atoms with E-state index in [-0.39, 0.29) is 0 Å². The number of hydrogen-bond acceptors (Lipinski definition) is 5. The lowest BCUT2D eigenvalue weighted by Gasteiger charge is -2.18. The maximum Gasteiger partial charge on any atom is 0.207 e. The molecule has 4 nitrogen and oxygen atoms in total. The fourth-order valence-corrected chi connectivity index (χ4v) is 2.59. The number of pyridine rings is 1. The Kier molecular flexibility index (Phi) is 4.63. The van der Waals surface area contributed by atoms with E-state index in [4.69, 9.17) is 11.6 Å². The van der Waals surface area contributed by atoms with Crippen LogP contribution < -0.4 is 0 Å². The molecule has 0 aromatic carbocycles. The van der Waals surface area contributed by atoms with Crippen LogP contribution in [0.3, 0.4) is 0 Å². The predicted molar refractivity (Wildman–Crippen MR) is 73.7 cm³/mol. The maximum absolute atomic E-state index is 5.78. The highest BCUT2D eigenvalue weighted by atomic mass is 35.5. The highest BCUT2D eigenvalue weighted by Gasteiger charge is 2.09. The number of aryl methyl sites for hydroxylation is 1. The first-order valence-corrected chi connectivity index (χ1v) is 6.99. The largest absolute Gasteiger partial charge is 0.291 e. The lowest BCUT2D eigenvalue weighted by molar-refractivity contribution is 0.267. The Labute approximate surface area is 116 Å². The fraction of sp³-hybridized carbons (Fsp3) is 0.417. The molecule has 18 heavy (non-hydrogen) atoms. The van der Waals surface area contributed by atoms with Gasteiger partial charge in [-0.05, 0) is 37.2 Å². The van der Waals surface area contributed by atoms with E-state index in [1.807, 2.05) is 25.1 Å². The van der Waals surface area contributed by atoms with E-state index in [1.165, 1.54) is 11.3 Å². The molecule has 2 rings (SSSR count). The molecule has 0 aliphatic rings. The molecule has 0 spiro atoms. The van der Waals surface area contributed by atoms with Crippen LogP contribution in [0.1, 0.15) is 23.3 Å². The Morgan fingerprint density at radius 3 is 2.72 bits per heavy atom. The first kappa shape index (κ1) is 13.4. The molecule has 2 aromatic rings. The van der Waals surface area contributed by atoms with Crippen molar-refractivity contribution in [3.05, 3.63) is 39.1 Å². The Bertz CT molecular complexity index is 514. The summed E-state index contributed by atoms with van der Waals surface area (Å²) in [6.07, 6.45) is 0. The smallest absolute Gasteiger partial charge is 0.207 e. The molecule has 96 valence electrons. The zero-order valence-electron chi connectivity index (χ0n) is 10.4. The van der Waals surface area contributed by atoms with Gasteiger partial charge in [0.25, 0.3) is 0 Å². The van der Waals surface area contributed by atoms with Gasteiger partial charge in [0.2, 0.25) is 4.47 Å². The molecule has 0 fully saturated rings. The van der Waals surface area contributed by atoms with Crippen LogP contribution in [-0.4, -0.2) is 26.6 Å². The molecule has 2 heterocycles. The van der Waals surface area contributed by atoms with E-state index in [0.717, 1.165) is 36.0 Å². The van der Waals surface area contributed by atoms with Crippen LogP contribution in [0.25, 0.3) is 0 Å². The molecule has 0 N–H and O–H groups in total. The molecular formula is C12H15ClN4S. The second kappa shape index (κ2) is 6.22. The second-order valence-corrected chi connectivity index (χ2v) is 5.67. The topological polar surface area (TPSA) is 41.9 Å². The summed E-state index contributed by atoms with van der Waals surface area (Å²) < 4.78 is 0.495. The van der Waals surface area contributed by atoms with Crippen molar-refractivity contribution in [1.29, 1.82) is 0 Å². The van der Waals surface area contributed by atoms with E-state index >= 15 is 0 Å². The second-order valence-electron chi connectivity index (χ2n) is 4.02. The van der Waals surface area contributed by atoms with Crippen LogP contribution in [0.5, 0.6) is 0 Å². The summed E-state index contributed by atoms with van der Waals surface area (Å²) in [4.78, 5) is 6.77. The van der Waals surface area contributed by atoms with Gasteiger partial charge >= 0.3 is 0 Å². The average molecular weight is 283 g/mol. The third-order valence-electron chi connectivity index (χ3n) is 2.58.